The molecule has 0 aromatic heterocycles. The van der Waals surface area contributed by atoms with Crippen molar-refractivity contribution in [1.29, 1.82) is 0 Å². The van der Waals surface area contributed by atoms with E-state index >= 15 is 0 Å². The van der Waals surface area contributed by atoms with Crippen LogP contribution in [0, 0.1) is 0 Å². The van der Waals surface area contributed by atoms with E-state index in [0.29, 0.717) is 6.04 Å². The summed E-state index contributed by atoms with van der Waals surface area (Å²) in [5.41, 5.74) is 7.97. The van der Waals surface area contributed by atoms with E-state index in [1.54, 1.807) is 0 Å². The van der Waals surface area contributed by atoms with Crippen LogP contribution in [0.1, 0.15) is 18.9 Å². The van der Waals surface area contributed by atoms with Gasteiger partial charge in [-0.2, -0.15) is 0 Å². The third-order valence-electron chi connectivity index (χ3n) is 3.37. The Morgan fingerprint density at radius 3 is 3.12 bits per heavy atom. The summed E-state index contributed by atoms with van der Waals surface area (Å²) in [5, 5.41) is 0. The predicted molar refractivity (Wildman–Crippen MR) is 71.0 cm³/mol. The first-order valence-electron chi connectivity index (χ1n) is 6.42. The van der Waals surface area contributed by atoms with Gasteiger partial charge in [-0.05, 0) is 44.0 Å². The lowest BCUT2D eigenvalue weighted by molar-refractivity contribution is -0.000601. The van der Waals surface area contributed by atoms with Crippen molar-refractivity contribution >= 4 is 5.69 Å². The molecule has 3 heteroatoms. The van der Waals surface area contributed by atoms with Gasteiger partial charge in [-0.25, -0.2) is 0 Å². The number of ether oxygens (including phenoxy) is 1. The van der Waals surface area contributed by atoms with Crippen molar-refractivity contribution in [2.75, 3.05) is 32.0 Å². The molecule has 1 fully saturated rings. The van der Waals surface area contributed by atoms with Crippen LogP contribution in [0.15, 0.2) is 24.3 Å². The lowest BCUT2D eigenvalue weighted by atomic mass is 10.1. The molecule has 17 heavy (non-hydrogen) atoms. The molecule has 3 nitrogen and oxygen atoms in total. The van der Waals surface area contributed by atoms with Crippen molar-refractivity contribution in [3.05, 3.63) is 29.8 Å². The number of nitrogens with zero attached hydrogens (tertiary/aromatic N) is 1. The zero-order valence-corrected chi connectivity index (χ0v) is 10.6. The number of benzene rings is 1. The van der Waals surface area contributed by atoms with E-state index < -0.39 is 0 Å². The molecule has 0 radical (unpaired) electrons. The van der Waals surface area contributed by atoms with Gasteiger partial charge in [0.05, 0.1) is 13.2 Å². The number of hydrogen-bond acceptors (Lipinski definition) is 3. The van der Waals surface area contributed by atoms with E-state index in [1.807, 2.05) is 12.1 Å². The number of nitrogens with two attached hydrogens (primary N) is 1. The van der Waals surface area contributed by atoms with E-state index in [0.717, 1.165) is 38.4 Å². The lowest BCUT2D eigenvalue weighted by Gasteiger charge is -2.33. The molecule has 2 rings (SSSR count). The number of anilines is 1. The van der Waals surface area contributed by atoms with Crippen LogP contribution < -0.4 is 5.73 Å². The average Bonchev–Trinajstić information content (AvgIpc) is 2.32. The summed E-state index contributed by atoms with van der Waals surface area (Å²) in [4.78, 5) is 2.51. The quantitative estimate of drug-likeness (QED) is 0.809. The Morgan fingerprint density at radius 1 is 1.47 bits per heavy atom. The first kappa shape index (κ1) is 12.4. The van der Waals surface area contributed by atoms with Crippen LogP contribution in [0.25, 0.3) is 0 Å². The Balaban J connectivity index is 1.75. The fraction of sp³-hybridized carbons (Fsp3) is 0.571. The topological polar surface area (TPSA) is 38.5 Å². The normalized spacial score (nSPS) is 21.6. The van der Waals surface area contributed by atoms with Gasteiger partial charge >= 0.3 is 0 Å². The fourth-order valence-electron chi connectivity index (χ4n) is 2.33. The lowest BCUT2D eigenvalue weighted by Crippen LogP contribution is -2.44. The SMILES string of the molecule is CC1COCCN1CCCc1cccc(N)c1. The van der Waals surface area contributed by atoms with Crippen molar-refractivity contribution in [2.24, 2.45) is 0 Å². The summed E-state index contributed by atoms with van der Waals surface area (Å²) in [6, 6.07) is 8.75. The zero-order chi connectivity index (χ0) is 12.1. The first-order chi connectivity index (χ1) is 8.25. The van der Waals surface area contributed by atoms with Crippen LogP contribution >= 0.6 is 0 Å². The van der Waals surface area contributed by atoms with Crippen molar-refractivity contribution in [2.45, 2.75) is 25.8 Å². The van der Waals surface area contributed by atoms with Gasteiger partial charge < -0.3 is 10.5 Å². The molecule has 94 valence electrons. The molecule has 0 spiro atoms. The van der Waals surface area contributed by atoms with E-state index in [-0.39, 0.29) is 0 Å². The predicted octanol–water partition coefficient (Wildman–Crippen LogP) is 1.92. The van der Waals surface area contributed by atoms with Gasteiger partial charge in [0, 0.05) is 18.3 Å². The van der Waals surface area contributed by atoms with Gasteiger partial charge in [0.1, 0.15) is 0 Å². The Hall–Kier alpha value is -1.06. The van der Waals surface area contributed by atoms with Crippen LogP contribution in [0.2, 0.25) is 0 Å². The van der Waals surface area contributed by atoms with E-state index in [4.69, 9.17) is 10.5 Å². The largest absolute Gasteiger partial charge is 0.399 e. The summed E-state index contributed by atoms with van der Waals surface area (Å²) in [6.45, 7) is 6.21. The van der Waals surface area contributed by atoms with E-state index in [1.165, 1.54) is 12.0 Å². The highest BCUT2D eigenvalue weighted by atomic mass is 16.5. The summed E-state index contributed by atoms with van der Waals surface area (Å²) < 4.78 is 5.43. The van der Waals surface area contributed by atoms with Crippen molar-refractivity contribution in [3.63, 3.8) is 0 Å². The third kappa shape index (κ3) is 3.72. The maximum atomic E-state index is 5.77. The molecule has 0 aliphatic carbocycles. The van der Waals surface area contributed by atoms with Crippen molar-refractivity contribution < 1.29 is 4.74 Å². The standard InChI is InChI=1S/C14H22N2O/c1-12-11-17-9-8-16(12)7-3-5-13-4-2-6-14(15)10-13/h2,4,6,10,12H,3,5,7-9,11,15H2,1H3. The summed E-state index contributed by atoms with van der Waals surface area (Å²) in [6.07, 6.45) is 2.29. The number of hydrogen-bond donors (Lipinski definition) is 1. The number of nitrogen functional groups attached to an aromatic ring is 1. The van der Waals surface area contributed by atoms with Gasteiger partial charge in [0.15, 0.2) is 0 Å². The van der Waals surface area contributed by atoms with E-state index in [9.17, 15) is 0 Å². The molecule has 1 aliphatic heterocycles. The smallest absolute Gasteiger partial charge is 0.0619 e. The van der Waals surface area contributed by atoms with Crippen LogP contribution in [-0.4, -0.2) is 37.2 Å². The molecular weight excluding hydrogens is 212 g/mol. The number of aryl methyl sites for hydroxylation is 1. The minimum atomic E-state index is 0.560. The third-order valence-corrected chi connectivity index (χ3v) is 3.37. The number of rotatable bonds is 4. The minimum Gasteiger partial charge on any atom is -0.399 e. The van der Waals surface area contributed by atoms with Gasteiger partial charge in [0.25, 0.3) is 0 Å². The fourth-order valence-corrected chi connectivity index (χ4v) is 2.33. The van der Waals surface area contributed by atoms with Gasteiger partial charge in [0.2, 0.25) is 0 Å². The highest BCUT2D eigenvalue weighted by Gasteiger charge is 2.17. The molecule has 1 unspecified atom stereocenters. The van der Waals surface area contributed by atoms with Crippen molar-refractivity contribution in [3.8, 4) is 0 Å². The Morgan fingerprint density at radius 2 is 2.35 bits per heavy atom. The molecular formula is C14H22N2O. The molecule has 0 saturated carbocycles. The van der Waals surface area contributed by atoms with Crippen LogP contribution in [0.5, 0.6) is 0 Å². The molecule has 1 heterocycles. The highest BCUT2D eigenvalue weighted by molar-refractivity contribution is 5.40. The first-order valence-corrected chi connectivity index (χ1v) is 6.42. The van der Waals surface area contributed by atoms with E-state index in [2.05, 4.69) is 24.0 Å². The van der Waals surface area contributed by atoms with Crippen LogP contribution in [0.4, 0.5) is 5.69 Å². The Bertz CT molecular complexity index is 354. The maximum Gasteiger partial charge on any atom is 0.0619 e. The number of morpholine rings is 1. The maximum absolute atomic E-state index is 5.77. The highest BCUT2D eigenvalue weighted by Crippen LogP contribution is 2.11. The monoisotopic (exact) mass is 234 g/mol. The second-order valence-corrected chi connectivity index (χ2v) is 4.81. The van der Waals surface area contributed by atoms with Gasteiger partial charge in [-0.1, -0.05) is 12.1 Å². The molecule has 1 aromatic carbocycles. The van der Waals surface area contributed by atoms with Gasteiger partial charge in [-0.3, -0.25) is 4.90 Å². The summed E-state index contributed by atoms with van der Waals surface area (Å²) in [5.74, 6) is 0. The van der Waals surface area contributed by atoms with Crippen LogP contribution in [-0.2, 0) is 11.2 Å². The Labute approximate surface area is 104 Å². The summed E-state index contributed by atoms with van der Waals surface area (Å²) in [7, 11) is 0. The second-order valence-electron chi connectivity index (χ2n) is 4.81. The molecule has 1 aliphatic rings. The molecule has 2 N–H and O–H groups in total. The van der Waals surface area contributed by atoms with Crippen LogP contribution in [0.3, 0.4) is 0 Å². The zero-order valence-electron chi connectivity index (χ0n) is 10.6. The molecule has 1 aromatic rings. The summed E-state index contributed by atoms with van der Waals surface area (Å²) >= 11 is 0. The molecule has 1 atom stereocenters. The second kappa shape index (κ2) is 6.03. The van der Waals surface area contributed by atoms with Gasteiger partial charge in [-0.15, -0.1) is 0 Å². The molecule has 0 bridgehead atoms. The molecule has 1 saturated heterocycles. The minimum absolute atomic E-state index is 0.560. The average molecular weight is 234 g/mol. The van der Waals surface area contributed by atoms with Crippen molar-refractivity contribution in [1.82, 2.24) is 4.90 Å². The Kier molecular flexibility index (Phi) is 4.40. The molecule has 0 amide bonds.